The number of allylic oxidation sites excluding steroid dienone is 11. The summed E-state index contributed by atoms with van der Waals surface area (Å²) in [6, 6.07) is 0. The number of ketones is 1. The van der Waals surface area contributed by atoms with Crippen LogP contribution in [0, 0.1) is 17.8 Å². The summed E-state index contributed by atoms with van der Waals surface area (Å²) in [7, 11) is 2.62. The molecule has 5 heterocycles. The number of fused-ring (bicyclic) bond motifs is 5. The number of methoxy groups -OCH3 is 2. The maximum Gasteiger partial charge on any atom is 0.321 e. The molecule has 6 aliphatic rings. The smallest absolute Gasteiger partial charge is 0.321 e. The van der Waals surface area contributed by atoms with Gasteiger partial charge in [-0.3, -0.25) is 14.4 Å². The highest BCUT2D eigenvalue weighted by atomic mass is 16.5. The Labute approximate surface area is 261 Å². The Balaban J connectivity index is 1.66. The summed E-state index contributed by atoms with van der Waals surface area (Å²) in [5, 5.41) is 13.8. The Kier molecular flexibility index (Phi) is 7.54. The predicted octanol–water partition coefficient (Wildman–Crippen LogP) is 5.21. The van der Waals surface area contributed by atoms with Crippen molar-refractivity contribution in [1.82, 2.24) is 5.32 Å². The zero-order valence-electron chi connectivity index (χ0n) is 26.5. The minimum absolute atomic E-state index is 0.147. The van der Waals surface area contributed by atoms with Gasteiger partial charge >= 0.3 is 11.9 Å². The van der Waals surface area contributed by atoms with Crippen molar-refractivity contribution in [2.75, 3.05) is 14.2 Å². The number of aliphatic imine (C=N–C) groups is 3. The van der Waals surface area contributed by atoms with Crippen LogP contribution in [0.3, 0.4) is 0 Å². The molecule has 2 fully saturated rings. The summed E-state index contributed by atoms with van der Waals surface area (Å²) in [5.74, 6) is -2.99. The molecule has 5 aliphatic heterocycles. The van der Waals surface area contributed by atoms with E-state index in [1.165, 1.54) is 14.2 Å². The van der Waals surface area contributed by atoms with Crippen molar-refractivity contribution in [1.29, 1.82) is 0 Å². The molecule has 6 rings (SSSR count). The average Bonchev–Trinajstić information content (AvgIpc) is 3.76. The topological polar surface area (TPSA) is 139 Å². The Bertz CT molecular complexity index is 1830. The SMILES string of the molecule is CCC1=C(C)C2=CC3=NC(=C(C)/C3=C\O)C=C3NC(=C4C5=NC(=CC1=N2)C(C)=C5C(=O)[C@@H]4C(=O)OC)[C@@H](CCC(=O)OC)[C@@H]3C. The Morgan fingerprint density at radius 1 is 0.978 bits per heavy atom. The zero-order chi connectivity index (χ0) is 32.3. The van der Waals surface area contributed by atoms with Crippen LogP contribution in [-0.4, -0.2) is 54.2 Å². The number of ether oxygens (including phenoxy) is 2. The fraction of sp³-hybridized carbons (Fsp3) is 0.371. The minimum Gasteiger partial charge on any atom is -0.515 e. The second-order valence-corrected chi connectivity index (χ2v) is 11.9. The van der Waals surface area contributed by atoms with Gasteiger partial charge in [0, 0.05) is 46.4 Å². The van der Waals surface area contributed by atoms with E-state index in [2.05, 4.69) is 12.2 Å². The molecule has 10 nitrogen and oxygen atoms in total. The van der Waals surface area contributed by atoms with E-state index in [-0.39, 0.29) is 30.0 Å². The number of nitrogens with zero attached hydrogens (tertiary/aromatic N) is 3. The Morgan fingerprint density at radius 3 is 2.36 bits per heavy atom. The lowest BCUT2D eigenvalue weighted by Gasteiger charge is -2.19. The van der Waals surface area contributed by atoms with E-state index in [9.17, 15) is 19.5 Å². The lowest BCUT2D eigenvalue weighted by atomic mass is 9.85. The van der Waals surface area contributed by atoms with Gasteiger partial charge in [-0.15, -0.1) is 0 Å². The van der Waals surface area contributed by atoms with Crippen LogP contribution in [0.25, 0.3) is 0 Å². The first-order valence-electron chi connectivity index (χ1n) is 15.1. The maximum atomic E-state index is 14.0. The van der Waals surface area contributed by atoms with E-state index in [1.807, 2.05) is 45.9 Å². The summed E-state index contributed by atoms with van der Waals surface area (Å²) in [6.07, 6.45) is 8.06. The number of aliphatic hydroxyl groups excluding tert-OH is 1. The molecule has 1 saturated carbocycles. The van der Waals surface area contributed by atoms with Gasteiger partial charge in [0.15, 0.2) is 5.78 Å². The highest BCUT2D eigenvalue weighted by Crippen LogP contribution is 2.47. The van der Waals surface area contributed by atoms with Gasteiger partial charge in [-0.05, 0) is 74.1 Å². The predicted molar refractivity (Wildman–Crippen MR) is 170 cm³/mol. The molecule has 0 radical (unpaired) electrons. The standard InChI is InChI=1S/C35H36N4O6/c1-8-19-15(2)23-12-27-21(14-40)17(4)22(37-27)11-24-16(3)20(9-10-28(41)44-6)32(38-24)30-31(35(43)45-7)34(42)29-18(5)25(39-33(29)30)13-26(19)36-23/h11-14,16,20,31,38,40H,8-10H2,1-7H3/b21-14+,23-12?,24-11?,25-13?,32-30?/t16-,20-,31+/m0/s1. The van der Waals surface area contributed by atoms with Crippen LogP contribution in [-0.2, 0) is 23.9 Å². The Hall–Kier alpha value is -4.86. The summed E-state index contributed by atoms with van der Waals surface area (Å²) in [4.78, 5) is 54.4. The molecule has 1 aliphatic carbocycles. The molecule has 0 spiro atoms. The molecule has 0 amide bonds. The van der Waals surface area contributed by atoms with Crippen molar-refractivity contribution >= 4 is 34.9 Å². The number of hydrogen-bond donors (Lipinski definition) is 2. The molecule has 0 aromatic heterocycles. The van der Waals surface area contributed by atoms with E-state index in [4.69, 9.17) is 24.5 Å². The van der Waals surface area contributed by atoms with E-state index in [1.54, 1.807) is 0 Å². The molecule has 1 saturated heterocycles. The van der Waals surface area contributed by atoms with Gasteiger partial charge in [0.2, 0.25) is 0 Å². The van der Waals surface area contributed by atoms with Crippen LogP contribution in [0.4, 0.5) is 0 Å². The first kappa shape index (κ1) is 30.2. The zero-order valence-corrected chi connectivity index (χ0v) is 26.5. The van der Waals surface area contributed by atoms with Crippen molar-refractivity contribution in [3.63, 3.8) is 0 Å². The van der Waals surface area contributed by atoms with Gasteiger partial charge in [0.05, 0.1) is 54.7 Å². The van der Waals surface area contributed by atoms with E-state index in [0.29, 0.717) is 57.2 Å². The summed E-state index contributed by atoms with van der Waals surface area (Å²) < 4.78 is 10.1. The van der Waals surface area contributed by atoms with Crippen LogP contribution in [0.5, 0.6) is 0 Å². The van der Waals surface area contributed by atoms with Crippen LogP contribution >= 0.6 is 0 Å². The molecular formula is C35H36N4O6. The molecular weight excluding hydrogens is 572 g/mol. The minimum atomic E-state index is -1.19. The fourth-order valence-electron chi connectivity index (χ4n) is 7.03. The summed E-state index contributed by atoms with van der Waals surface area (Å²) in [6.45, 7) is 9.85. The summed E-state index contributed by atoms with van der Waals surface area (Å²) in [5.41, 5.74) is 10.2. The first-order chi connectivity index (χ1) is 21.5. The molecule has 8 bridgehead atoms. The van der Waals surface area contributed by atoms with Gasteiger partial charge in [-0.1, -0.05) is 13.8 Å². The second-order valence-electron chi connectivity index (χ2n) is 11.9. The lowest BCUT2D eigenvalue weighted by Crippen LogP contribution is -2.26. The van der Waals surface area contributed by atoms with Crippen molar-refractivity contribution in [2.24, 2.45) is 32.7 Å². The van der Waals surface area contributed by atoms with Crippen molar-refractivity contribution in [3.05, 3.63) is 92.0 Å². The number of nitrogens with one attached hydrogen (secondary N) is 1. The second kappa shape index (κ2) is 11.3. The summed E-state index contributed by atoms with van der Waals surface area (Å²) >= 11 is 0. The molecule has 3 atom stereocenters. The molecule has 10 heteroatoms. The first-order valence-corrected chi connectivity index (χ1v) is 15.1. The van der Waals surface area contributed by atoms with Gasteiger partial charge in [-0.25, -0.2) is 15.0 Å². The van der Waals surface area contributed by atoms with Gasteiger partial charge < -0.3 is 19.9 Å². The van der Waals surface area contributed by atoms with Crippen LogP contribution in [0.15, 0.2) is 107 Å². The monoisotopic (exact) mass is 608 g/mol. The van der Waals surface area contributed by atoms with Crippen LogP contribution in [0.1, 0.15) is 53.9 Å². The Morgan fingerprint density at radius 2 is 1.69 bits per heavy atom. The molecule has 2 N–H and O–H groups in total. The molecule has 0 aromatic carbocycles. The highest BCUT2D eigenvalue weighted by Gasteiger charge is 2.51. The van der Waals surface area contributed by atoms with E-state index >= 15 is 0 Å². The number of Topliss-reactive ketones (excluding diaryl/α,β-unsaturated/α-hetero) is 1. The van der Waals surface area contributed by atoms with Crippen LogP contribution < -0.4 is 5.32 Å². The number of rotatable bonds is 5. The highest BCUT2D eigenvalue weighted by molar-refractivity contribution is 6.42. The molecule has 232 valence electrons. The van der Waals surface area contributed by atoms with Crippen molar-refractivity contribution in [3.8, 4) is 0 Å². The van der Waals surface area contributed by atoms with Crippen LogP contribution in [0.2, 0.25) is 0 Å². The average molecular weight is 609 g/mol. The largest absolute Gasteiger partial charge is 0.515 e. The van der Waals surface area contributed by atoms with E-state index in [0.717, 1.165) is 46.5 Å². The van der Waals surface area contributed by atoms with E-state index < -0.39 is 11.9 Å². The number of carbonyl (C=O) groups excluding carboxylic acids is 3. The third-order valence-corrected chi connectivity index (χ3v) is 9.65. The number of esters is 2. The number of aliphatic hydroxyl groups is 1. The fourth-order valence-corrected chi connectivity index (χ4v) is 7.03. The number of carbonyl (C=O) groups is 3. The number of hydrogen-bond acceptors (Lipinski definition) is 10. The third kappa shape index (κ3) is 4.62. The maximum absolute atomic E-state index is 14.0. The lowest BCUT2D eigenvalue weighted by molar-refractivity contribution is -0.146. The van der Waals surface area contributed by atoms with Crippen molar-refractivity contribution in [2.45, 2.75) is 53.9 Å². The van der Waals surface area contributed by atoms with Gasteiger partial charge in [-0.2, -0.15) is 0 Å². The normalized spacial score (nSPS) is 26.2. The molecule has 0 aromatic rings. The van der Waals surface area contributed by atoms with Gasteiger partial charge in [0.25, 0.3) is 0 Å². The van der Waals surface area contributed by atoms with Crippen molar-refractivity contribution < 1.29 is 29.0 Å². The third-order valence-electron chi connectivity index (χ3n) is 9.65. The van der Waals surface area contributed by atoms with Gasteiger partial charge in [0.1, 0.15) is 5.92 Å². The molecule has 45 heavy (non-hydrogen) atoms. The quantitative estimate of drug-likeness (QED) is 0.248. The molecule has 0 unspecified atom stereocenters.